The van der Waals surface area contributed by atoms with Gasteiger partial charge in [0.05, 0.1) is 18.8 Å². The number of hydrogen-bond donors (Lipinski definition) is 2. The Hall–Kier alpha value is -1.88. The summed E-state index contributed by atoms with van der Waals surface area (Å²) in [6, 6.07) is 14.8. The molecule has 2 atom stereocenters. The van der Waals surface area contributed by atoms with Gasteiger partial charge in [0.1, 0.15) is 0 Å². The van der Waals surface area contributed by atoms with Crippen molar-refractivity contribution in [3.63, 3.8) is 0 Å². The van der Waals surface area contributed by atoms with Gasteiger partial charge < -0.3 is 15.2 Å². The van der Waals surface area contributed by atoms with E-state index in [2.05, 4.69) is 17.0 Å². The molecular weight excluding hydrogens is 326 g/mol. The van der Waals surface area contributed by atoms with Gasteiger partial charge in [-0.25, -0.2) is 4.79 Å². The number of aliphatic hydroxyl groups excluding tert-OH is 1. The maximum Gasteiger partial charge on any atom is 0.337 e. The van der Waals surface area contributed by atoms with Crippen molar-refractivity contribution < 1.29 is 14.6 Å². The molecule has 2 aromatic carbocycles. The third-order valence-electron chi connectivity index (χ3n) is 3.81. The number of aliphatic hydroxyl groups is 1. The van der Waals surface area contributed by atoms with Crippen molar-refractivity contribution >= 4 is 17.6 Å². The van der Waals surface area contributed by atoms with Gasteiger partial charge >= 0.3 is 5.97 Å². The Morgan fingerprint density at radius 1 is 1.25 bits per heavy atom. The van der Waals surface area contributed by atoms with Crippen LogP contribution in [0.5, 0.6) is 0 Å². The van der Waals surface area contributed by atoms with Crippen molar-refractivity contribution in [1.29, 1.82) is 0 Å². The van der Waals surface area contributed by atoms with E-state index in [9.17, 15) is 9.90 Å². The summed E-state index contributed by atoms with van der Waals surface area (Å²) in [5.74, 6) is -0.336. The molecule has 5 heteroatoms. The monoisotopic (exact) mass is 347 g/mol. The number of rotatable bonds is 7. The Morgan fingerprint density at radius 3 is 2.58 bits per heavy atom. The Bertz CT molecular complexity index is 673. The van der Waals surface area contributed by atoms with Crippen LogP contribution in [-0.4, -0.2) is 30.8 Å². The van der Waals surface area contributed by atoms with Gasteiger partial charge in [0.25, 0.3) is 0 Å². The molecule has 2 aromatic rings. The van der Waals surface area contributed by atoms with E-state index in [1.54, 1.807) is 24.3 Å². The SMILES string of the molecule is COC(=O)c1ccc(C[C@@H](C)NC[C@H](O)c2cccc(Cl)c2)cc1. The van der Waals surface area contributed by atoms with Crippen molar-refractivity contribution in [2.45, 2.75) is 25.5 Å². The van der Waals surface area contributed by atoms with E-state index < -0.39 is 6.10 Å². The topological polar surface area (TPSA) is 58.6 Å². The van der Waals surface area contributed by atoms with E-state index in [1.807, 2.05) is 24.3 Å². The molecule has 0 aliphatic rings. The standard InChI is InChI=1S/C19H22ClNO3/c1-13(10-14-6-8-15(9-7-14)19(23)24-2)21-12-18(22)16-4-3-5-17(20)11-16/h3-9,11,13,18,21-22H,10,12H2,1-2H3/t13-,18+/m1/s1. The molecule has 0 aliphatic carbocycles. The lowest BCUT2D eigenvalue weighted by atomic mass is 10.0. The average molecular weight is 348 g/mol. The fraction of sp³-hybridized carbons (Fsp3) is 0.316. The van der Waals surface area contributed by atoms with Gasteiger partial charge in [-0.05, 0) is 48.7 Å². The molecule has 0 unspecified atom stereocenters. The number of halogens is 1. The molecule has 4 nitrogen and oxygen atoms in total. The van der Waals surface area contributed by atoms with Crippen LogP contribution in [0.3, 0.4) is 0 Å². The lowest BCUT2D eigenvalue weighted by molar-refractivity contribution is 0.0600. The summed E-state index contributed by atoms with van der Waals surface area (Å²) in [6.45, 7) is 2.50. The lowest BCUT2D eigenvalue weighted by Crippen LogP contribution is -2.32. The molecular formula is C19H22ClNO3. The van der Waals surface area contributed by atoms with E-state index >= 15 is 0 Å². The molecule has 0 heterocycles. The van der Waals surface area contributed by atoms with Crippen LogP contribution >= 0.6 is 11.6 Å². The normalized spacial score (nSPS) is 13.3. The van der Waals surface area contributed by atoms with Crippen LogP contribution in [0.2, 0.25) is 5.02 Å². The summed E-state index contributed by atoms with van der Waals surface area (Å²) >= 11 is 5.94. The third kappa shape index (κ3) is 5.34. The molecule has 0 aliphatic heterocycles. The number of esters is 1. The predicted octanol–water partition coefficient (Wildman–Crippen LogP) is 3.38. The number of hydrogen-bond acceptors (Lipinski definition) is 4. The summed E-state index contributed by atoms with van der Waals surface area (Å²) in [4.78, 5) is 11.4. The molecule has 0 aromatic heterocycles. The summed E-state index contributed by atoms with van der Waals surface area (Å²) in [6.07, 6.45) is 0.192. The van der Waals surface area contributed by atoms with E-state index in [-0.39, 0.29) is 12.0 Å². The van der Waals surface area contributed by atoms with E-state index in [4.69, 9.17) is 11.6 Å². The van der Waals surface area contributed by atoms with Crippen LogP contribution in [0.25, 0.3) is 0 Å². The summed E-state index contributed by atoms with van der Waals surface area (Å²) in [7, 11) is 1.37. The van der Waals surface area contributed by atoms with Crippen molar-refractivity contribution in [3.05, 3.63) is 70.2 Å². The highest BCUT2D eigenvalue weighted by Gasteiger charge is 2.11. The summed E-state index contributed by atoms with van der Waals surface area (Å²) < 4.78 is 4.68. The molecule has 0 bridgehead atoms. The van der Waals surface area contributed by atoms with Crippen molar-refractivity contribution in [3.8, 4) is 0 Å². The van der Waals surface area contributed by atoms with Gasteiger partial charge in [0.2, 0.25) is 0 Å². The zero-order valence-corrected chi connectivity index (χ0v) is 14.6. The van der Waals surface area contributed by atoms with Gasteiger partial charge in [-0.15, -0.1) is 0 Å². The van der Waals surface area contributed by atoms with E-state index in [1.165, 1.54) is 7.11 Å². The van der Waals surface area contributed by atoms with Crippen LogP contribution in [0.1, 0.15) is 34.5 Å². The third-order valence-corrected chi connectivity index (χ3v) is 4.05. The lowest BCUT2D eigenvalue weighted by Gasteiger charge is -2.18. The van der Waals surface area contributed by atoms with E-state index in [0.29, 0.717) is 17.1 Å². The molecule has 0 saturated carbocycles. The average Bonchev–Trinajstić information content (AvgIpc) is 2.59. The first-order valence-electron chi connectivity index (χ1n) is 7.83. The fourth-order valence-electron chi connectivity index (χ4n) is 2.47. The zero-order chi connectivity index (χ0) is 17.5. The van der Waals surface area contributed by atoms with Crippen LogP contribution in [0.4, 0.5) is 0 Å². The van der Waals surface area contributed by atoms with Crippen molar-refractivity contribution in [2.24, 2.45) is 0 Å². The minimum absolute atomic E-state index is 0.183. The molecule has 0 amide bonds. The quantitative estimate of drug-likeness (QED) is 0.754. The Labute approximate surface area is 147 Å². The molecule has 128 valence electrons. The molecule has 2 N–H and O–H groups in total. The number of carbonyl (C=O) groups is 1. The number of methoxy groups -OCH3 is 1. The van der Waals surface area contributed by atoms with Crippen molar-refractivity contribution in [1.82, 2.24) is 5.32 Å². The zero-order valence-electron chi connectivity index (χ0n) is 13.8. The first kappa shape index (κ1) is 18.5. The Kier molecular flexibility index (Phi) is 6.79. The second-order valence-corrected chi connectivity index (χ2v) is 6.21. The first-order chi connectivity index (χ1) is 11.5. The molecule has 0 saturated heterocycles. The highest BCUT2D eigenvalue weighted by molar-refractivity contribution is 6.30. The number of carbonyl (C=O) groups excluding carboxylic acids is 1. The Balaban J connectivity index is 1.84. The fourth-order valence-corrected chi connectivity index (χ4v) is 2.66. The molecule has 0 radical (unpaired) electrons. The maximum absolute atomic E-state index is 11.4. The summed E-state index contributed by atoms with van der Waals surface area (Å²) in [5, 5.41) is 14.1. The van der Waals surface area contributed by atoms with Gasteiger partial charge in [0, 0.05) is 17.6 Å². The number of benzene rings is 2. The van der Waals surface area contributed by atoms with Gasteiger partial charge in [0.15, 0.2) is 0 Å². The van der Waals surface area contributed by atoms with Crippen LogP contribution in [0.15, 0.2) is 48.5 Å². The molecule has 2 rings (SSSR count). The van der Waals surface area contributed by atoms with Crippen molar-refractivity contribution in [2.75, 3.05) is 13.7 Å². The predicted molar refractivity (Wildman–Crippen MR) is 95.4 cm³/mol. The van der Waals surface area contributed by atoms with Crippen LogP contribution in [0, 0.1) is 0 Å². The highest BCUT2D eigenvalue weighted by Crippen LogP contribution is 2.17. The Morgan fingerprint density at radius 2 is 1.96 bits per heavy atom. The highest BCUT2D eigenvalue weighted by atomic mass is 35.5. The summed E-state index contributed by atoms with van der Waals surface area (Å²) in [5.41, 5.74) is 2.45. The van der Waals surface area contributed by atoms with Crippen LogP contribution < -0.4 is 5.32 Å². The number of nitrogens with one attached hydrogen (secondary N) is 1. The number of ether oxygens (including phenoxy) is 1. The smallest absolute Gasteiger partial charge is 0.337 e. The minimum Gasteiger partial charge on any atom is -0.465 e. The first-order valence-corrected chi connectivity index (χ1v) is 8.21. The molecule has 24 heavy (non-hydrogen) atoms. The molecule has 0 fully saturated rings. The second kappa shape index (κ2) is 8.83. The van der Waals surface area contributed by atoms with E-state index in [0.717, 1.165) is 17.5 Å². The second-order valence-electron chi connectivity index (χ2n) is 5.77. The van der Waals surface area contributed by atoms with Gasteiger partial charge in [-0.1, -0.05) is 35.9 Å². The van der Waals surface area contributed by atoms with Gasteiger partial charge in [-0.2, -0.15) is 0 Å². The maximum atomic E-state index is 11.4. The van der Waals surface area contributed by atoms with Crippen LogP contribution in [-0.2, 0) is 11.2 Å². The van der Waals surface area contributed by atoms with Gasteiger partial charge in [-0.3, -0.25) is 0 Å². The molecule has 0 spiro atoms. The minimum atomic E-state index is -0.604. The largest absolute Gasteiger partial charge is 0.465 e.